The summed E-state index contributed by atoms with van der Waals surface area (Å²) in [6, 6.07) is 7.42. The van der Waals surface area contributed by atoms with Crippen LogP contribution in [0.4, 0.5) is 0 Å². The van der Waals surface area contributed by atoms with Crippen molar-refractivity contribution in [2.75, 3.05) is 0 Å². The second kappa shape index (κ2) is 6.36. The average molecular weight is 234 g/mol. The predicted molar refractivity (Wildman–Crippen MR) is 54.2 cm³/mol. The Hall–Kier alpha value is -1.14. The molecule has 0 aliphatic heterocycles. The molecule has 0 unspecified atom stereocenters. The number of hydrogen-bond acceptors (Lipinski definition) is 4. The second-order valence-corrected chi connectivity index (χ2v) is 2.86. The molecule has 15 heavy (non-hydrogen) atoms. The first-order valence-electron chi connectivity index (χ1n) is 4.05. The van der Waals surface area contributed by atoms with Crippen LogP contribution in [0.2, 0.25) is 0 Å². The Labute approximate surface area is 92.9 Å². The highest BCUT2D eigenvalue weighted by Gasteiger charge is 2.23. The van der Waals surface area contributed by atoms with Crippen LogP contribution in [0.5, 0.6) is 0 Å². The van der Waals surface area contributed by atoms with Crippen LogP contribution in [-0.2, 0) is 11.2 Å². The fourth-order valence-corrected chi connectivity index (χ4v) is 1.11. The minimum atomic E-state index is -1.34. The Morgan fingerprint density at radius 3 is 2.20 bits per heavy atom. The topological polar surface area (TPSA) is 81.0 Å². The number of nitrogens with zero attached hydrogens (tertiary/aromatic N) is 1. The summed E-state index contributed by atoms with van der Waals surface area (Å²) in [4.78, 5) is 10.6. The molecule has 1 aromatic rings. The maximum Gasteiger partial charge on any atom is 0.326 e. The van der Waals surface area contributed by atoms with Crippen molar-refractivity contribution in [3.05, 3.63) is 35.9 Å². The zero-order valence-electron chi connectivity index (χ0n) is 7.78. The predicted octanol–water partition coefficient (Wildman–Crippen LogP) is 1.18. The van der Waals surface area contributed by atoms with Gasteiger partial charge in [-0.05, 0) is 5.56 Å². The first kappa shape index (κ1) is 13.9. The SMILES string of the molecule is Cl.O=C(O)[C@H](Cc1ccccc1)N(O)O. The molecular formula is C9H12ClNO4. The van der Waals surface area contributed by atoms with Crippen LogP contribution in [0.25, 0.3) is 0 Å². The van der Waals surface area contributed by atoms with E-state index in [0.29, 0.717) is 0 Å². The van der Waals surface area contributed by atoms with Crippen LogP contribution in [0, 0.1) is 0 Å². The summed E-state index contributed by atoms with van der Waals surface area (Å²) in [6.07, 6.45) is 0.0448. The minimum Gasteiger partial charge on any atom is -0.480 e. The van der Waals surface area contributed by atoms with Gasteiger partial charge in [0, 0.05) is 6.42 Å². The van der Waals surface area contributed by atoms with Crippen LogP contribution in [0.15, 0.2) is 30.3 Å². The average Bonchev–Trinajstić information content (AvgIpc) is 2.15. The van der Waals surface area contributed by atoms with Crippen molar-refractivity contribution in [2.24, 2.45) is 0 Å². The van der Waals surface area contributed by atoms with Crippen molar-refractivity contribution in [3.8, 4) is 0 Å². The number of carbonyl (C=O) groups is 1. The lowest BCUT2D eigenvalue weighted by molar-refractivity contribution is -0.327. The van der Waals surface area contributed by atoms with Gasteiger partial charge in [0.1, 0.15) is 0 Å². The minimum absolute atomic E-state index is 0. The van der Waals surface area contributed by atoms with Crippen molar-refractivity contribution in [1.82, 2.24) is 5.23 Å². The van der Waals surface area contributed by atoms with E-state index < -0.39 is 12.0 Å². The largest absolute Gasteiger partial charge is 0.480 e. The van der Waals surface area contributed by atoms with Crippen LogP contribution < -0.4 is 0 Å². The number of benzene rings is 1. The summed E-state index contributed by atoms with van der Waals surface area (Å²) in [5.41, 5.74) is 0.730. The number of hydrogen-bond donors (Lipinski definition) is 3. The summed E-state index contributed by atoms with van der Waals surface area (Å²) >= 11 is 0. The quantitative estimate of drug-likeness (QED) is 0.681. The van der Waals surface area contributed by atoms with E-state index in [4.69, 9.17) is 15.5 Å². The summed E-state index contributed by atoms with van der Waals surface area (Å²) in [6.45, 7) is 0. The van der Waals surface area contributed by atoms with Gasteiger partial charge in [-0.2, -0.15) is 0 Å². The molecule has 3 N–H and O–H groups in total. The van der Waals surface area contributed by atoms with Gasteiger partial charge in [0.2, 0.25) is 0 Å². The lowest BCUT2D eigenvalue weighted by Gasteiger charge is -2.15. The highest BCUT2D eigenvalue weighted by molar-refractivity contribution is 5.85. The summed E-state index contributed by atoms with van der Waals surface area (Å²) < 4.78 is 0. The molecule has 1 aromatic carbocycles. The van der Waals surface area contributed by atoms with E-state index in [1.807, 2.05) is 0 Å². The highest BCUT2D eigenvalue weighted by atomic mass is 35.5. The van der Waals surface area contributed by atoms with Crippen LogP contribution in [0.3, 0.4) is 0 Å². The number of hydroxylamine groups is 2. The van der Waals surface area contributed by atoms with E-state index in [9.17, 15) is 4.79 Å². The summed E-state index contributed by atoms with van der Waals surface area (Å²) in [7, 11) is 0. The molecule has 0 aromatic heterocycles. The van der Waals surface area contributed by atoms with Crippen molar-refractivity contribution < 1.29 is 20.3 Å². The smallest absolute Gasteiger partial charge is 0.326 e. The van der Waals surface area contributed by atoms with E-state index in [0.717, 1.165) is 5.56 Å². The van der Waals surface area contributed by atoms with E-state index in [1.54, 1.807) is 30.3 Å². The molecule has 0 bridgehead atoms. The zero-order chi connectivity index (χ0) is 10.6. The summed E-state index contributed by atoms with van der Waals surface area (Å²) in [5, 5.41) is 25.7. The Kier molecular flexibility index (Phi) is 5.88. The van der Waals surface area contributed by atoms with Crippen LogP contribution in [0.1, 0.15) is 5.56 Å². The standard InChI is InChI=1S/C9H11NO4.ClH/c11-9(12)8(10(13)14)6-7-4-2-1-3-5-7;/h1-5,8,13-14H,6H2,(H,11,12);1H/t8-;/m0./s1. The molecule has 0 saturated carbocycles. The third kappa shape index (κ3) is 4.26. The molecule has 6 heteroatoms. The van der Waals surface area contributed by atoms with Gasteiger partial charge in [-0.25, -0.2) is 0 Å². The molecule has 0 heterocycles. The van der Waals surface area contributed by atoms with Crippen LogP contribution >= 0.6 is 12.4 Å². The molecule has 0 fully saturated rings. The van der Waals surface area contributed by atoms with Gasteiger partial charge in [0.05, 0.1) is 0 Å². The third-order valence-electron chi connectivity index (χ3n) is 1.84. The molecule has 0 saturated heterocycles. The maximum atomic E-state index is 10.6. The fourth-order valence-electron chi connectivity index (χ4n) is 1.11. The van der Waals surface area contributed by atoms with E-state index in [2.05, 4.69) is 0 Å². The number of carboxylic acids is 1. The normalized spacial score (nSPS) is 11.9. The van der Waals surface area contributed by atoms with Crippen molar-refractivity contribution in [1.29, 1.82) is 0 Å². The Morgan fingerprint density at radius 1 is 1.27 bits per heavy atom. The molecular weight excluding hydrogens is 222 g/mol. The lowest BCUT2D eigenvalue weighted by Crippen LogP contribution is -2.38. The lowest BCUT2D eigenvalue weighted by atomic mass is 10.1. The molecule has 1 rings (SSSR count). The van der Waals surface area contributed by atoms with E-state index >= 15 is 0 Å². The number of aliphatic carboxylic acids is 1. The zero-order valence-corrected chi connectivity index (χ0v) is 8.59. The second-order valence-electron chi connectivity index (χ2n) is 2.86. The van der Waals surface area contributed by atoms with Crippen LogP contribution in [-0.4, -0.2) is 32.8 Å². The highest BCUT2D eigenvalue weighted by Crippen LogP contribution is 2.06. The molecule has 5 nitrogen and oxygen atoms in total. The van der Waals surface area contributed by atoms with Gasteiger partial charge in [-0.1, -0.05) is 35.6 Å². The number of rotatable bonds is 4. The van der Waals surface area contributed by atoms with Gasteiger partial charge in [-0.15, -0.1) is 12.4 Å². The van der Waals surface area contributed by atoms with Crippen molar-refractivity contribution in [2.45, 2.75) is 12.5 Å². The van der Waals surface area contributed by atoms with E-state index in [1.165, 1.54) is 0 Å². The molecule has 1 atom stereocenters. The Morgan fingerprint density at radius 2 is 1.80 bits per heavy atom. The van der Waals surface area contributed by atoms with Crippen molar-refractivity contribution in [3.63, 3.8) is 0 Å². The van der Waals surface area contributed by atoms with E-state index in [-0.39, 0.29) is 24.1 Å². The Balaban J connectivity index is 0.00000196. The van der Waals surface area contributed by atoms with Gasteiger partial charge >= 0.3 is 5.97 Å². The molecule has 0 radical (unpaired) electrons. The first-order valence-corrected chi connectivity index (χ1v) is 4.05. The molecule has 0 amide bonds. The maximum absolute atomic E-state index is 10.6. The Bertz CT molecular complexity index is 304. The molecule has 84 valence electrons. The van der Waals surface area contributed by atoms with Gasteiger partial charge in [-0.3, -0.25) is 15.2 Å². The molecule has 0 aliphatic rings. The summed E-state index contributed by atoms with van der Waals surface area (Å²) in [5.74, 6) is -1.28. The molecule has 0 spiro atoms. The van der Waals surface area contributed by atoms with Crippen molar-refractivity contribution >= 4 is 18.4 Å². The number of halogens is 1. The molecule has 0 aliphatic carbocycles. The van der Waals surface area contributed by atoms with Gasteiger partial charge in [0.25, 0.3) is 0 Å². The monoisotopic (exact) mass is 233 g/mol. The van der Waals surface area contributed by atoms with Gasteiger partial charge < -0.3 is 5.11 Å². The third-order valence-corrected chi connectivity index (χ3v) is 1.84. The first-order chi connectivity index (χ1) is 6.61. The number of carboxylic acid groups (broad SMARTS) is 1. The van der Waals surface area contributed by atoms with Gasteiger partial charge in [0.15, 0.2) is 6.04 Å². The fraction of sp³-hybridized carbons (Fsp3) is 0.222.